The van der Waals surface area contributed by atoms with E-state index in [-0.39, 0.29) is 12.4 Å². The highest BCUT2D eigenvalue weighted by atomic mass is 32.1. The van der Waals surface area contributed by atoms with Crippen LogP contribution in [-0.2, 0) is 6.61 Å². The summed E-state index contributed by atoms with van der Waals surface area (Å²) in [6.07, 6.45) is 3.33. The van der Waals surface area contributed by atoms with Crippen molar-refractivity contribution in [3.05, 3.63) is 78.1 Å². The molecule has 2 aromatic rings. The molecule has 0 amide bonds. The third kappa shape index (κ3) is 5.81. The fourth-order valence-electron chi connectivity index (χ4n) is 1.83. The third-order valence-corrected chi connectivity index (χ3v) is 3.23. The summed E-state index contributed by atoms with van der Waals surface area (Å²) in [6.45, 7) is 4.33. The minimum absolute atomic E-state index is 0.168. The topological polar surface area (TPSA) is 45.7 Å². The van der Waals surface area contributed by atoms with Crippen molar-refractivity contribution >= 4 is 23.5 Å². The molecule has 0 spiro atoms. The Labute approximate surface area is 146 Å². The Hall–Kier alpha value is -2.73. The number of rotatable bonds is 7. The number of hydrogen-bond donors (Lipinski definition) is 2. The maximum atomic E-state index is 13.6. The molecule has 124 valence electrons. The van der Waals surface area contributed by atoms with Gasteiger partial charge in [-0.25, -0.2) is 4.39 Å². The van der Waals surface area contributed by atoms with Gasteiger partial charge in [-0.1, -0.05) is 36.4 Å². The standard InChI is InChI=1S/C18H18FN3OS/c1-2-10-20-18(24)22-21-12-14-6-5-8-16(11-14)23-13-15-7-3-4-9-17(15)19/h2-9,11-12H,1,10,13H2,(H2,20,22,24). The lowest BCUT2D eigenvalue weighted by Crippen LogP contribution is -2.31. The number of hydrazone groups is 1. The summed E-state index contributed by atoms with van der Waals surface area (Å²) in [5.41, 5.74) is 4.05. The smallest absolute Gasteiger partial charge is 0.187 e. The van der Waals surface area contributed by atoms with Crippen molar-refractivity contribution in [1.82, 2.24) is 10.7 Å². The van der Waals surface area contributed by atoms with Gasteiger partial charge in [0.25, 0.3) is 0 Å². The van der Waals surface area contributed by atoms with E-state index in [4.69, 9.17) is 17.0 Å². The normalized spacial score (nSPS) is 10.4. The highest BCUT2D eigenvalue weighted by Crippen LogP contribution is 2.15. The number of nitrogens with one attached hydrogen (secondary N) is 2. The molecule has 0 atom stereocenters. The van der Waals surface area contributed by atoms with Crippen LogP contribution in [0.3, 0.4) is 0 Å². The van der Waals surface area contributed by atoms with Crippen molar-refractivity contribution < 1.29 is 9.13 Å². The van der Waals surface area contributed by atoms with Crippen molar-refractivity contribution in [3.8, 4) is 5.75 Å². The Kier molecular flexibility index (Phi) is 6.91. The maximum absolute atomic E-state index is 13.6. The quantitative estimate of drug-likeness (QED) is 0.350. The molecule has 24 heavy (non-hydrogen) atoms. The zero-order chi connectivity index (χ0) is 17.2. The summed E-state index contributed by atoms with van der Waals surface area (Å²) in [5.74, 6) is 0.356. The predicted octanol–water partition coefficient (Wildman–Crippen LogP) is 3.39. The fourth-order valence-corrected chi connectivity index (χ4v) is 1.97. The van der Waals surface area contributed by atoms with Gasteiger partial charge in [0.15, 0.2) is 5.11 Å². The van der Waals surface area contributed by atoms with Crippen molar-refractivity contribution in [1.29, 1.82) is 0 Å². The summed E-state index contributed by atoms with van der Waals surface area (Å²) in [4.78, 5) is 0. The zero-order valence-corrected chi connectivity index (χ0v) is 13.9. The molecule has 0 aromatic heterocycles. The summed E-state index contributed by atoms with van der Waals surface area (Å²) >= 11 is 5.02. The lowest BCUT2D eigenvalue weighted by atomic mass is 10.2. The van der Waals surface area contributed by atoms with E-state index in [0.717, 1.165) is 5.56 Å². The van der Waals surface area contributed by atoms with Crippen molar-refractivity contribution in [2.45, 2.75) is 6.61 Å². The second-order valence-corrected chi connectivity index (χ2v) is 5.23. The van der Waals surface area contributed by atoms with E-state index in [1.54, 1.807) is 30.5 Å². The third-order valence-electron chi connectivity index (χ3n) is 3.00. The van der Waals surface area contributed by atoms with Gasteiger partial charge in [-0.2, -0.15) is 5.10 Å². The van der Waals surface area contributed by atoms with Gasteiger partial charge in [0.1, 0.15) is 18.2 Å². The van der Waals surface area contributed by atoms with E-state index >= 15 is 0 Å². The molecule has 4 nitrogen and oxygen atoms in total. The van der Waals surface area contributed by atoms with Gasteiger partial charge >= 0.3 is 0 Å². The predicted molar refractivity (Wildman–Crippen MR) is 98.7 cm³/mol. The molecule has 2 aromatic carbocycles. The number of benzene rings is 2. The first-order valence-corrected chi connectivity index (χ1v) is 7.74. The Morgan fingerprint density at radius 1 is 1.25 bits per heavy atom. The van der Waals surface area contributed by atoms with Gasteiger partial charge in [-0.15, -0.1) is 6.58 Å². The number of hydrogen-bond acceptors (Lipinski definition) is 3. The van der Waals surface area contributed by atoms with Gasteiger partial charge in [-0.3, -0.25) is 5.43 Å². The molecule has 0 aliphatic rings. The molecule has 6 heteroatoms. The van der Waals surface area contributed by atoms with Crippen molar-refractivity contribution in [2.24, 2.45) is 5.10 Å². The lowest BCUT2D eigenvalue weighted by molar-refractivity contribution is 0.300. The number of ether oxygens (including phenoxy) is 1. The average Bonchev–Trinajstić information content (AvgIpc) is 2.60. The molecule has 0 saturated carbocycles. The molecule has 0 unspecified atom stereocenters. The van der Waals surface area contributed by atoms with Gasteiger partial charge in [0, 0.05) is 12.1 Å². The second kappa shape index (κ2) is 9.42. The zero-order valence-electron chi connectivity index (χ0n) is 13.0. The molecule has 0 heterocycles. The molecule has 0 bridgehead atoms. The van der Waals surface area contributed by atoms with Crippen molar-refractivity contribution in [2.75, 3.05) is 6.54 Å². The van der Waals surface area contributed by atoms with Crippen LogP contribution < -0.4 is 15.5 Å². The number of nitrogens with zero attached hydrogens (tertiary/aromatic N) is 1. The molecule has 0 aliphatic heterocycles. The minimum Gasteiger partial charge on any atom is -0.489 e. The van der Waals surface area contributed by atoms with Crippen LogP contribution in [0.25, 0.3) is 0 Å². The van der Waals surface area contributed by atoms with Gasteiger partial charge in [-0.05, 0) is 36.0 Å². The van der Waals surface area contributed by atoms with E-state index in [1.807, 2.05) is 24.3 Å². The highest BCUT2D eigenvalue weighted by molar-refractivity contribution is 7.80. The van der Waals surface area contributed by atoms with Crippen LogP contribution in [0.2, 0.25) is 0 Å². The van der Waals surface area contributed by atoms with Crippen LogP contribution in [0.4, 0.5) is 4.39 Å². The first-order chi connectivity index (χ1) is 11.7. The molecule has 0 fully saturated rings. The van der Waals surface area contributed by atoms with Crippen LogP contribution >= 0.6 is 12.2 Å². The minimum atomic E-state index is -0.278. The largest absolute Gasteiger partial charge is 0.489 e. The van der Waals surface area contributed by atoms with E-state index in [9.17, 15) is 4.39 Å². The van der Waals surface area contributed by atoms with Gasteiger partial charge in [0.05, 0.1) is 6.21 Å². The van der Waals surface area contributed by atoms with Crippen LogP contribution in [0.5, 0.6) is 5.75 Å². The first kappa shape index (κ1) is 17.6. The van der Waals surface area contributed by atoms with E-state index in [0.29, 0.717) is 23.0 Å². The van der Waals surface area contributed by atoms with Crippen molar-refractivity contribution in [3.63, 3.8) is 0 Å². The molecule has 0 aliphatic carbocycles. The van der Waals surface area contributed by atoms with Crippen LogP contribution in [0.15, 0.2) is 66.3 Å². The Bertz CT molecular complexity index is 734. The Morgan fingerprint density at radius 2 is 2.08 bits per heavy atom. The first-order valence-electron chi connectivity index (χ1n) is 7.33. The SMILES string of the molecule is C=CCNC(=S)NN=Cc1cccc(OCc2ccccc2F)c1. The molecule has 0 saturated heterocycles. The Morgan fingerprint density at radius 3 is 2.88 bits per heavy atom. The second-order valence-electron chi connectivity index (χ2n) is 4.82. The number of thiocarbonyl (C=S) groups is 1. The van der Waals surface area contributed by atoms with Gasteiger partial charge in [0.2, 0.25) is 0 Å². The highest BCUT2D eigenvalue weighted by Gasteiger charge is 2.02. The average molecular weight is 343 g/mol. The summed E-state index contributed by atoms with van der Waals surface area (Å²) in [6, 6.07) is 13.9. The fraction of sp³-hybridized carbons (Fsp3) is 0.111. The monoisotopic (exact) mass is 343 g/mol. The van der Waals surface area contributed by atoms with E-state index in [2.05, 4.69) is 22.4 Å². The summed E-state index contributed by atoms with van der Waals surface area (Å²) < 4.78 is 19.2. The van der Waals surface area contributed by atoms with Crippen LogP contribution in [-0.4, -0.2) is 17.9 Å². The van der Waals surface area contributed by atoms with E-state index < -0.39 is 0 Å². The number of halogens is 1. The molecular weight excluding hydrogens is 325 g/mol. The van der Waals surface area contributed by atoms with Crippen LogP contribution in [0, 0.1) is 5.82 Å². The molecule has 0 radical (unpaired) electrons. The van der Waals surface area contributed by atoms with E-state index in [1.165, 1.54) is 6.07 Å². The summed E-state index contributed by atoms with van der Waals surface area (Å²) in [7, 11) is 0. The lowest BCUT2D eigenvalue weighted by Gasteiger charge is -2.07. The van der Waals surface area contributed by atoms with Gasteiger partial charge < -0.3 is 10.1 Å². The maximum Gasteiger partial charge on any atom is 0.187 e. The van der Waals surface area contributed by atoms with Crippen LogP contribution in [0.1, 0.15) is 11.1 Å². The summed E-state index contributed by atoms with van der Waals surface area (Å²) in [5, 5.41) is 7.36. The Balaban J connectivity index is 1.90. The molecular formula is C18H18FN3OS. The molecule has 2 rings (SSSR count). The molecule has 2 N–H and O–H groups in total.